The van der Waals surface area contributed by atoms with E-state index in [-0.39, 0.29) is 6.61 Å². The van der Waals surface area contributed by atoms with Gasteiger partial charge >= 0.3 is 0 Å². The Morgan fingerprint density at radius 2 is 1.27 bits per heavy atom. The van der Waals surface area contributed by atoms with Gasteiger partial charge in [0.1, 0.15) is 0 Å². The molecule has 0 saturated carbocycles. The predicted octanol–water partition coefficient (Wildman–Crippen LogP) is 3.81. The molecule has 0 aliphatic carbocycles. The van der Waals surface area contributed by atoms with E-state index >= 15 is 0 Å². The van der Waals surface area contributed by atoms with E-state index in [2.05, 4.69) is 13.8 Å². The Kier molecular flexibility index (Phi) is 18.8. The topological polar surface area (TPSA) is 47.9 Å². The van der Waals surface area contributed by atoms with Crippen LogP contribution in [0.25, 0.3) is 0 Å². The normalized spacial score (nSPS) is 12.7. The second-order valence-corrected chi connectivity index (χ2v) is 5.83. The minimum Gasteiger partial charge on any atom is -0.394 e. The van der Waals surface area contributed by atoms with Crippen molar-refractivity contribution in [3.05, 3.63) is 0 Å². The predicted molar refractivity (Wildman–Crippen MR) is 91.3 cm³/mol. The Balaban J connectivity index is 3.08. The lowest BCUT2D eigenvalue weighted by atomic mass is 9.94. The number of hydrogen-bond acceptors (Lipinski definition) is 4. The fourth-order valence-electron chi connectivity index (χ4n) is 2.56. The van der Waals surface area contributed by atoms with Crippen LogP contribution in [0.2, 0.25) is 0 Å². The van der Waals surface area contributed by atoms with E-state index in [0.717, 1.165) is 18.9 Å². The molecule has 134 valence electrons. The monoisotopic (exact) mass is 318 g/mol. The second-order valence-electron chi connectivity index (χ2n) is 5.83. The van der Waals surface area contributed by atoms with Gasteiger partial charge in [-0.05, 0) is 12.3 Å². The Bertz CT molecular complexity index is 200. The third-order valence-electron chi connectivity index (χ3n) is 3.90. The summed E-state index contributed by atoms with van der Waals surface area (Å²) < 4.78 is 16.0. The molecular formula is C18H38O4. The van der Waals surface area contributed by atoms with Crippen LogP contribution in [0.15, 0.2) is 0 Å². The Labute approximate surface area is 137 Å². The van der Waals surface area contributed by atoms with Crippen molar-refractivity contribution in [1.82, 2.24) is 0 Å². The molecule has 0 heterocycles. The number of unbranched alkanes of at least 4 members (excludes halogenated alkanes) is 3. The molecule has 22 heavy (non-hydrogen) atoms. The molecule has 0 amide bonds. The first-order chi connectivity index (χ1) is 10.8. The second kappa shape index (κ2) is 18.9. The van der Waals surface area contributed by atoms with Gasteiger partial charge in [-0.1, -0.05) is 58.8 Å². The summed E-state index contributed by atoms with van der Waals surface area (Å²) in [7, 11) is 0. The molecule has 4 heteroatoms. The van der Waals surface area contributed by atoms with Crippen LogP contribution < -0.4 is 0 Å². The quantitative estimate of drug-likeness (QED) is 0.390. The smallest absolute Gasteiger partial charge is 0.0701 e. The van der Waals surface area contributed by atoms with Gasteiger partial charge in [0, 0.05) is 6.61 Å². The molecule has 0 aromatic rings. The van der Waals surface area contributed by atoms with Crippen LogP contribution in [-0.2, 0) is 14.2 Å². The maximum absolute atomic E-state index is 8.52. The Morgan fingerprint density at radius 1 is 0.682 bits per heavy atom. The van der Waals surface area contributed by atoms with Crippen LogP contribution in [0, 0.1) is 5.92 Å². The Morgan fingerprint density at radius 3 is 1.86 bits per heavy atom. The first kappa shape index (κ1) is 21.8. The lowest BCUT2D eigenvalue weighted by Crippen LogP contribution is -2.11. The van der Waals surface area contributed by atoms with Crippen LogP contribution in [0.3, 0.4) is 0 Å². The first-order valence-electron chi connectivity index (χ1n) is 9.19. The van der Waals surface area contributed by atoms with Crippen LogP contribution in [0.5, 0.6) is 0 Å². The van der Waals surface area contributed by atoms with E-state index in [1.54, 1.807) is 0 Å². The molecule has 0 saturated heterocycles. The maximum atomic E-state index is 8.52. The molecular weight excluding hydrogens is 280 g/mol. The molecule has 0 radical (unpaired) electrons. The molecule has 4 nitrogen and oxygen atoms in total. The summed E-state index contributed by atoms with van der Waals surface area (Å²) >= 11 is 0. The summed E-state index contributed by atoms with van der Waals surface area (Å²) in [6, 6.07) is 0. The summed E-state index contributed by atoms with van der Waals surface area (Å²) in [6.45, 7) is 8.29. The van der Waals surface area contributed by atoms with E-state index < -0.39 is 0 Å². The van der Waals surface area contributed by atoms with Gasteiger partial charge in [-0.3, -0.25) is 0 Å². The molecule has 0 fully saturated rings. The fourth-order valence-corrected chi connectivity index (χ4v) is 2.56. The number of aliphatic hydroxyl groups excluding tert-OH is 1. The van der Waals surface area contributed by atoms with Crippen LogP contribution >= 0.6 is 0 Å². The van der Waals surface area contributed by atoms with Crippen molar-refractivity contribution >= 4 is 0 Å². The molecule has 0 aliphatic heterocycles. The lowest BCUT2D eigenvalue weighted by molar-refractivity contribution is 0.00719. The molecule has 0 aliphatic rings. The minimum absolute atomic E-state index is 0.0703. The number of ether oxygens (including phenoxy) is 3. The molecule has 0 spiro atoms. The van der Waals surface area contributed by atoms with Crippen molar-refractivity contribution in [1.29, 1.82) is 0 Å². The third-order valence-corrected chi connectivity index (χ3v) is 3.90. The highest BCUT2D eigenvalue weighted by Gasteiger charge is 2.04. The van der Waals surface area contributed by atoms with Gasteiger partial charge in [0.15, 0.2) is 0 Å². The summed E-state index contributed by atoms with van der Waals surface area (Å²) in [5, 5.41) is 8.52. The van der Waals surface area contributed by atoms with E-state index in [0.29, 0.717) is 33.0 Å². The zero-order chi connectivity index (χ0) is 16.3. The summed E-state index contributed by atoms with van der Waals surface area (Å²) in [5.41, 5.74) is 0. The molecule has 1 N–H and O–H groups in total. The van der Waals surface area contributed by atoms with Gasteiger partial charge in [0.2, 0.25) is 0 Å². The minimum atomic E-state index is 0.0703. The summed E-state index contributed by atoms with van der Waals surface area (Å²) in [4.78, 5) is 0. The van der Waals surface area contributed by atoms with Crippen LogP contribution in [0.4, 0.5) is 0 Å². The van der Waals surface area contributed by atoms with E-state index in [4.69, 9.17) is 19.3 Å². The van der Waals surface area contributed by atoms with Crippen molar-refractivity contribution in [2.45, 2.75) is 65.2 Å². The first-order valence-corrected chi connectivity index (χ1v) is 9.19. The number of rotatable bonds is 18. The van der Waals surface area contributed by atoms with Crippen molar-refractivity contribution < 1.29 is 19.3 Å². The molecule has 0 bridgehead atoms. The van der Waals surface area contributed by atoms with Crippen LogP contribution in [-0.4, -0.2) is 51.4 Å². The number of hydrogen-bond donors (Lipinski definition) is 1. The average molecular weight is 318 g/mol. The van der Waals surface area contributed by atoms with Gasteiger partial charge in [0.05, 0.1) is 39.6 Å². The van der Waals surface area contributed by atoms with Crippen LogP contribution in [0.1, 0.15) is 65.2 Å². The van der Waals surface area contributed by atoms with Gasteiger partial charge < -0.3 is 19.3 Å². The molecule has 1 unspecified atom stereocenters. The SMILES string of the molecule is CCCC(CC)CCCCCCOCCOCCOCCO. The van der Waals surface area contributed by atoms with Gasteiger partial charge in [-0.25, -0.2) is 0 Å². The molecule has 0 rings (SSSR count). The van der Waals surface area contributed by atoms with Gasteiger partial charge in [-0.15, -0.1) is 0 Å². The average Bonchev–Trinajstić information content (AvgIpc) is 2.54. The molecule has 0 aromatic carbocycles. The molecule has 0 aromatic heterocycles. The highest BCUT2D eigenvalue weighted by molar-refractivity contribution is 4.57. The maximum Gasteiger partial charge on any atom is 0.0701 e. The Hall–Kier alpha value is -0.160. The highest BCUT2D eigenvalue weighted by Crippen LogP contribution is 2.18. The van der Waals surface area contributed by atoms with E-state index in [1.807, 2.05) is 0 Å². The fraction of sp³-hybridized carbons (Fsp3) is 1.00. The summed E-state index contributed by atoms with van der Waals surface area (Å²) in [5.74, 6) is 0.944. The van der Waals surface area contributed by atoms with Crippen molar-refractivity contribution in [2.24, 2.45) is 5.92 Å². The van der Waals surface area contributed by atoms with Gasteiger partial charge in [-0.2, -0.15) is 0 Å². The van der Waals surface area contributed by atoms with E-state index in [1.165, 1.54) is 44.9 Å². The van der Waals surface area contributed by atoms with Gasteiger partial charge in [0.25, 0.3) is 0 Å². The third kappa shape index (κ3) is 16.2. The number of aliphatic hydroxyl groups is 1. The highest BCUT2D eigenvalue weighted by atomic mass is 16.5. The largest absolute Gasteiger partial charge is 0.394 e. The zero-order valence-corrected chi connectivity index (χ0v) is 14.9. The van der Waals surface area contributed by atoms with Crippen molar-refractivity contribution in [3.63, 3.8) is 0 Å². The zero-order valence-electron chi connectivity index (χ0n) is 14.9. The molecule has 1 atom stereocenters. The lowest BCUT2D eigenvalue weighted by Gasteiger charge is -2.13. The standard InChI is InChI=1S/C18H38O4/c1-3-9-18(4-2)10-7-5-6-8-12-20-14-16-22-17-15-21-13-11-19/h18-19H,3-17H2,1-2H3. The van der Waals surface area contributed by atoms with E-state index in [9.17, 15) is 0 Å². The van der Waals surface area contributed by atoms with Crippen molar-refractivity contribution in [2.75, 3.05) is 46.2 Å². The summed E-state index contributed by atoms with van der Waals surface area (Å²) in [6.07, 6.45) is 10.6. The van der Waals surface area contributed by atoms with Crippen molar-refractivity contribution in [3.8, 4) is 0 Å².